The van der Waals surface area contributed by atoms with Crippen molar-refractivity contribution in [3.63, 3.8) is 0 Å². The first-order valence-electron chi connectivity index (χ1n) is 5.86. The van der Waals surface area contributed by atoms with Crippen LogP contribution in [0.2, 0.25) is 0 Å². The molecule has 0 fully saturated rings. The van der Waals surface area contributed by atoms with Crippen LogP contribution in [0.5, 0.6) is 11.5 Å². The lowest BCUT2D eigenvalue weighted by molar-refractivity contribution is 0.102. The Labute approximate surface area is 115 Å². The van der Waals surface area contributed by atoms with Gasteiger partial charge in [0.05, 0.1) is 23.8 Å². The summed E-state index contributed by atoms with van der Waals surface area (Å²) in [5, 5.41) is 9.10. The van der Waals surface area contributed by atoms with E-state index in [-0.39, 0.29) is 0 Å². The number of halogens is 1. The Kier molecular flexibility index (Phi) is 4.45. The maximum atomic E-state index is 9.10. The van der Waals surface area contributed by atoms with Crippen LogP contribution in [0.1, 0.15) is 25.0 Å². The summed E-state index contributed by atoms with van der Waals surface area (Å²) in [6.07, 6.45) is 0.271. The van der Waals surface area contributed by atoms with Crippen molar-refractivity contribution in [1.82, 2.24) is 0 Å². The van der Waals surface area contributed by atoms with E-state index in [1.54, 1.807) is 0 Å². The van der Waals surface area contributed by atoms with Crippen LogP contribution in [-0.4, -0.2) is 19.8 Å². The first kappa shape index (κ1) is 13.2. The van der Waals surface area contributed by atoms with Gasteiger partial charge in [-0.25, -0.2) is 0 Å². The second-order valence-corrected chi connectivity index (χ2v) is 4.70. The average Bonchev–Trinajstić information content (AvgIpc) is 2.61. The van der Waals surface area contributed by atoms with E-state index < -0.39 is 6.10 Å². The number of fused-ring (bicyclic) bond motifs is 1. The van der Waals surface area contributed by atoms with Crippen molar-refractivity contribution >= 4 is 15.9 Å². The van der Waals surface area contributed by atoms with Gasteiger partial charge in [-0.05, 0) is 35.0 Å². The third kappa shape index (κ3) is 2.77. The molecule has 1 aromatic carbocycles. The van der Waals surface area contributed by atoms with Crippen LogP contribution < -0.4 is 9.47 Å². The molecular formula is C13H14BrNO3. The highest BCUT2D eigenvalue weighted by molar-refractivity contribution is 9.10. The van der Waals surface area contributed by atoms with Crippen molar-refractivity contribution in [3.8, 4) is 17.6 Å². The summed E-state index contributed by atoms with van der Waals surface area (Å²) < 4.78 is 17.4. The number of nitriles is 1. The van der Waals surface area contributed by atoms with Gasteiger partial charge in [-0.3, -0.25) is 0 Å². The lowest BCUT2D eigenvalue weighted by Crippen LogP contribution is -2.03. The molecule has 1 atom stereocenters. The molecule has 1 aromatic rings. The number of hydrogen-bond donors (Lipinski definition) is 0. The summed E-state index contributed by atoms with van der Waals surface area (Å²) in [7, 11) is 0. The molecule has 96 valence electrons. The molecular weight excluding hydrogens is 298 g/mol. The van der Waals surface area contributed by atoms with E-state index in [2.05, 4.69) is 22.0 Å². The number of benzene rings is 1. The highest BCUT2D eigenvalue weighted by Crippen LogP contribution is 2.39. The van der Waals surface area contributed by atoms with Gasteiger partial charge in [0, 0.05) is 18.6 Å². The number of rotatable bonds is 3. The van der Waals surface area contributed by atoms with Crippen LogP contribution >= 0.6 is 15.9 Å². The van der Waals surface area contributed by atoms with Gasteiger partial charge >= 0.3 is 0 Å². The Morgan fingerprint density at radius 2 is 2.22 bits per heavy atom. The zero-order chi connectivity index (χ0) is 13.0. The van der Waals surface area contributed by atoms with Gasteiger partial charge in [-0.15, -0.1) is 0 Å². The molecule has 0 saturated heterocycles. The molecule has 0 N–H and O–H groups in total. The van der Waals surface area contributed by atoms with Crippen LogP contribution in [-0.2, 0) is 4.74 Å². The first-order chi connectivity index (χ1) is 8.76. The molecule has 4 nitrogen and oxygen atoms in total. The largest absolute Gasteiger partial charge is 0.490 e. The van der Waals surface area contributed by atoms with Gasteiger partial charge in [0.2, 0.25) is 0 Å². The van der Waals surface area contributed by atoms with E-state index in [0.29, 0.717) is 31.3 Å². The number of nitrogens with zero attached hydrogens (tertiary/aromatic N) is 1. The number of hydrogen-bond acceptors (Lipinski definition) is 4. The zero-order valence-corrected chi connectivity index (χ0v) is 11.7. The fraction of sp³-hybridized carbons (Fsp3) is 0.462. The van der Waals surface area contributed by atoms with Crippen molar-refractivity contribution in [1.29, 1.82) is 5.26 Å². The molecule has 0 radical (unpaired) electrons. The van der Waals surface area contributed by atoms with Gasteiger partial charge in [-0.1, -0.05) is 0 Å². The van der Waals surface area contributed by atoms with Crippen LogP contribution in [0, 0.1) is 11.3 Å². The van der Waals surface area contributed by atoms with Crippen LogP contribution in [0.25, 0.3) is 0 Å². The van der Waals surface area contributed by atoms with Crippen LogP contribution in [0.3, 0.4) is 0 Å². The zero-order valence-electron chi connectivity index (χ0n) is 10.1. The van der Waals surface area contributed by atoms with Crippen LogP contribution in [0.15, 0.2) is 16.6 Å². The molecule has 18 heavy (non-hydrogen) atoms. The second kappa shape index (κ2) is 6.07. The normalized spacial score (nSPS) is 15.6. The van der Waals surface area contributed by atoms with Crippen molar-refractivity contribution < 1.29 is 14.2 Å². The first-order valence-corrected chi connectivity index (χ1v) is 6.65. The molecule has 0 bridgehead atoms. The van der Waals surface area contributed by atoms with E-state index in [1.807, 2.05) is 19.1 Å². The minimum absolute atomic E-state index is 0.490. The molecule has 1 aliphatic heterocycles. The Hall–Kier alpha value is -1.25. The van der Waals surface area contributed by atoms with E-state index in [9.17, 15) is 0 Å². The predicted octanol–water partition coefficient (Wildman–Crippen LogP) is 3.21. The quantitative estimate of drug-likeness (QED) is 0.860. The lowest BCUT2D eigenvalue weighted by Gasteiger charge is -2.14. The monoisotopic (exact) mass is 311 g/mol. The van der Waals surface area contributed by atoms with Crippen molar-refractivity contribution in [2.45, 2.75) is 19.4 Å². The molecule has 0 aromatic heterocycles. The van der Waals surface area contributed by atoms with Gasteiger partial charge < -0.3 is 14.2 Å². The fourth-order valence-corrected chi connectivity index (χ4v) is 2.35. The molecule has 1 aliphatic rings. The number of ether oxygens (including phenoxy) is 3. The van der Waals surface area contributed by atoms with Crippen molar-refractivity contribution in [2.24, 2.45) is 0 Å². The minimum Gasteiger partial charge on any atom is -0.490 e. The smallest absolute Gasteiger partial charge is 0.175 e. The Morgan fingerprint density at radius 1 is 1.44 bits per heavy atom. The van der Waals surface area contributed by atoms with E-state index in [4.69, 9.17) is 19.5 Å². The molecule has 0 spiro atoms. The van der Waals surface area contributed by atoms with Gasteiger partial charge in [-0.2, -0.15) is 5.26 Å². The van der Waals surface area contributed by atoms with Crippen molar-refractivity contribution in [3.05, 3.63) is 22.2 Å². The Bertz CT molecular complexity index is 470. The standard InChI is InChI=1S/C13H14BrNO3/c1-2-16-12(8-15)9-6-10(14)13-11(7-9)17-4-3-5-18-13/h6-7,12H,2-5H2,1H3. The highest BCUT2D eigenvalue weighted by Gasteiger charge is 2.19. The van der Waals surface area contributed by atoms with E-state index in [0.717, 1.165) is 16.5 Å². The second-order valence-electron chi connectivity index (χ2n) is 3.84. The van der Waals surface area contributed by atoms with Crippen LogP contribution in [0.4, 0.5) is 0 Å². The third-order valence-electron chi connectivity index (χ3n) is 2.58. The molecule has 2 rings (SSSR count). The topological polar surface area (TPSA) is 51.5 Å². The highest BCUT2D eigenvalue weighted by atomic mass is 79.9. The molecule has 1 heterocycles. The van der Waals surface area contributed by atoms with E-state index in [1.165, 1.54) is 0 Å². The molecule has 5 heteroatoms. The lowest BCUT2D eigenvalue weighted by atomic mass is 10.1. The summed E-state index contributed by atoms with van der Waals surface area (Å²) in [6, 6.07) is 5.79. The Morgan fingerprint density at radius 3 is 2.94 bits per heavy atom. The van der Waals surface area contributed by atoms with Gasteiger partial charge in [0.25, 0.3) is 0 Å². The molecule has 1 unspecified atom stereocenters. The summed E-state index contributed by atoms with van der Waals surface area (Å²) in [5.74, 6) is 1.36. The summed E-state index contributed by atoms with van der Waals surface area (Å²) in [6.45, 7) is 3.61. The summed E-state index contributed by atoms with van der Waals surface area (Å²) in [5.41, 5.74) is 0.774. The van der Waals surface area contributed by atoms with Crippen molar-refractivity contribution in [2.75, 3.05) is 19.8 Å². The average molecular weight is 312 g/mol. The minimum atomic E-state index is -0.580. The summed E-state index contributed by atoms with van der Waals surface area (Å²) in [4.78, 5) is 0. The summed E-state index contributed by atoms with van der Waals surface area (Å²) >= 11 is 3.45. The SMILES string of the molecule is CCOC(C#N)c1cc(Br)c2c(c1)OCCCO2. The molecule has 0 saturated carbocycles. The van der Waals surface area contributed by atoms with Gasteiger partial charge in [0.1, 0.15) is 0 Å². The third-order valence-corrected chi connectivity index (χ3v) is 3.17. The maximum absolute atomic E-state index is 9.10. The molecule has 0 amide bonds. The van der Waals surface area contributed by atoms with Gasteiger partial charge in [0.15, 0.2) is 17.6 Å². The maximum Gasteiger partial charge on any atom is 0.175 e. The predicted molar refractivity (Wildman–Crippen MR) is 69.7 cm³/mol. The fourth-order valence-electron chi connectivity index (χ4n) is 1.78. The molecule has 0 aliphatic carbocycles. The Balaban J connectivity index is 2.37. The van der Waals surface area contributed by atoms with E-state index >= 15 is 0 Å².